The van der Waals surface area contributed by atoms with Crippen LogP contribution >= 0.6 is 11.3 Å². The molecule has 1 aromatic carbocycles. The molecule has 0 amide bonds. The fourth-order valence-corrected chi connectivity index (χ4v) is 3.23. The lowest BCUT2D eigenvalue weighted by atomic mass is 9.98. The number of halogens is 2. The van der Waals surface area contributed by atoms with Crippen molar-refractivity contribution in [2.24, 2.45) is 0 Å². The number of hydrogen-bond donors (Lipinski definition) is 1. The number of benzene rings is 1. The second-order valence-electron chi connectivity index (χ2n) is 4.53. The molecule has 0 aliphatic carbocycles. The molecule has 1 nitrogen and oxygen atoms in total. The molecular formula is C15H17F2NS. The highest BCUT2D eigenvalue weighted by molar-refractivity contribution is 7.12. The van der Waals surface area contributed by atoms with Gasteiger partial charge >= 0.3 is 0 Å². The quantitative estimate of drug-likeness (QED) is 0.879. The van der Waals surface area contributed by atoms with E-state index in [0.29, 0.717) is 5.56 Å². The average molecular weight is 281 g/mol. The monoisotopic (exact) mass is 281 g/mol. The summed E-state index contributed by atoms with van der Waals surface area (Å²) in [5.41, 5.74) is 1.55. The summed E-state index contributed by atoms with van der Waals surface area (Å²) in [5.74, 6) is -1.05. The Morgan fingerprint density at radius 2 is 1.89 bits per heavy atom. The normalized spacial score (nSPS) is 12.7. The maximum atomic E-state index is 14.0. The van der Waals surface area contributed by atoms with E-state index < -0.39 is 11.6 Å². The Hall–Kier alpha value is -1.26. The second-order valence-corrected chi connectivity index (χ2v) is 5.99. The van der Waals surface area contributed by atoms with Crippen molar-refractivity contribution in [2.75, 3.05) is 6.54 Å². The minimum atomic E-state index is -0.547. The molecule has 2 aromatic rings. The van der Waals surface area contributed by atoms with Gasteiger partial charge in [0.2, 0.25) is 0 Å². The Balaban J connectivity index is 2.48. The maximum absolute atomic E-state index is 14.0. The van der Waals surface area contributed by atoms with E-state index >= 15 is 0 Å². The van der Waals surface area contributed by atoms with Crippen molar-refractivity contribution in [1.29, 1.82) is 0 Å². The Kier molecular flexibility index (Phi) is 4.32. The summed E-state index contributed by atoms with van der Waals surface area (Å²) in [7, 11) is 0. The predicted molar refractivity (Wildman–Crippen MR) is 75.7 cm³/mol. The van der Waals surface area contributed by atoms with Crippen molar-refractivity contribution in [3.8, 4) is 0 Å². The fourth-order valence-electron chi connectivity index (χ4n) is 2.26. The molecule has 0 bridgehead atoms. The van der Waals surface area contributed by atoms with Gasteiger partial charge in [0.05, 0.1) is 6.04 Å². The Labute approximate surface area is 116 Å². The maximum Gasteiger partial charge on any atom is 0.131 e. The van der Waals surface area contributed by atoms with E-state index in [2.05, 4.69) is 11.4 Å². The van der Waals surface area contributed by atoms with Crippen molar-refractivity contribution >= 4 is 11.3 Å². The summed E-state index contributed by atoms with van der Waals surface area (Å²) in [4.78, 5) is 2.35. The standard InChI is InChI=1S/C15H17F2NS/c1-4-18-15(13-7-9(2)19-10(13)3)12-6-5-11(16)8-14(12)17/h5-8,15,18H,4H2,1-3H3. The molecule has 0 aliphatic rings. The molecule has 0 aliphatic heterocycles. The predicted octanol–water partition coefficient (Wildman–Crippen LogP) is 4.34. The van der Waals surface area contributed by atoms with Crippen molar-refractivity contribution < 1.29 is 8.78 Å². The van der Waals surface area contributed by atoms with E-state index in [1.807, 2.05) is 20.8 Å². The molecule has 1 unspecified atom stereocenters. The minimum Gasteiger partial charge on any atom is -0.306 e. The van der Waals surface area contributed by atoms with Crippen molar-refractivity contribution in [1.82, 2.24) is 5.32 Å². The van der Waals surface area contributed by atoms with Crippen molar-refractivity contribution in [2.45, 2.75) is 26.8 Å². The summed E-state index contributed by atoms with van der Waals surface area (Å²) in [5, 5.41) is 3.27. The van der Waals surface area contributed by atoms with Crippen LogP contribution in [0.3, 0.4) is 0 Å². The molecule has 4 heteroatoms. The first-order valence-corrected chi connectivity index (χ1v) is 7.09. The number of hydrogen-bond acceptors (Lipinski definition) is 2. The first-order chi connectivity index (χ1) is 9.02. The molecule has 0 spiro atoms. The Morgan fingerprint density at radius 3 is 2.42 bits per heavy atom. The minimum absolute atomic E-state index is 0.226. The van der Waals surface area contributed by atoms with Crippen LogP contribution in [0.15, 0.2) is 24.3 Å². The average Bonchev–Trinajstić information content (AvgIpc) is 2.66. The lowest BCUT2D eigenvalue weighted by molar-refractivity contribution is 0.541. The summed E-state index contributed by atoms with van der Waals surface area (Å²) in [6, 6.07) is 5.60. The molecule has 19 heavy (non-hydrogen) atoms. The zero-order valence-electron chi connectivity index (χ0n) is 11.3. The van der Waals surface area contributed by atoms with E-state index in [9.17, 15) is 8.78 Å². The van der Waals surface area contributed by atoms with Gasteiger partial charge < -0.3 is 5.32 Å². The molecule has 1 atom stereocenters. The first-order valence-electron chi connectivity index (χ1n) is 6.28. The first kappa shape index (κ1) is 14.2. The van der Waals surface area contributed by atoms with Gasteiger partial charge in [0.15, 0.2) is 0 Å². The summed E-state index contributed by atoms with van der Waals surface area (Å²) in [6.45, 7) is 6.75. The highest BCUT2D eigenvalue weighted by Crippen LogP contribution is 2.32. The third-order valence-electron chi connectivity index (χ3n) is 3.07. The fraction of sp³-hybridized carbons (Fsp3) is 0.333. The molecule has 2 rings (SSSR count). The second kappa shape index (κ2) is 5.80. The Morgan fingerprint density at radius 1 is 1.16 bits per heavy atom. The van der Waals surface area contributed by atoms with Gasteiger partial charge in [-0.1, -0.05) is 13.0 Å². The van der Waals surface area contributed by atoms with Gasteiger partial charge in [-0.05, 0) is 38.1 Å². The van der Waals surface area contributed by atoms with Crippen LogP contribution in [0.1, 0.15) is 33.8 Å². The molecule has 0 fully saturated rings. The van der Waals surface area contributed by atoms with Crippen LogP contribution in [0.25, 0.3) is 0 Å². The van der Waals surface area contributed by atoms with Gasteiger partial charge in [-0.25, -0.2) is 8.78 Å². The zero-order chi connectivity index (χ0) is 14.0. The van der Waals surface area contributed by atoms with E-state index in [0.717, 1.165) is 23.1 Å². The van der Waals surface area contributed by atoms with Crippen LogP contribution in [0.2, 0.25) is 0 Å². The largest absolute Gasteiger partial charge is 0.306 e. The van der Waals surface area contributed by atoms with Gasteiger partial charge in [0.1, 0.15) is 11.6 Å². The van der Waals surface area contributed by atoms with Gasteiger partial charge in [-0.3, -0.25) is 0 Å². The van der Waals surface area contributed by atoms with Crippen LogP contribution in [0, 0.1) is 25.5 Å². The van der Waals surface area contributed by atoms with E-state index in [-0.39, 0.29) is 6.04 Å². The lowest BCUT2D eigenvalue weighted by Gasteiger charge is -2.19. The Bertz CT molecular complexity index is 578. The lowest BCUT2D eigenvalue weighted by Crippen LogP contribution is -2.23. The van der Waals surface area contributed by atoms with Gasteiger partial charge in [0, 0.05) is 21.4 Å². The van der Waals surface area contributed by atoms with E-state index in [4.69, 9.17) is 0 Å². The van der Waals surface area contributed by atoms with E-state index in [1.54, 1.807) is 11.3 Å². The SMILES string of the molecule is CCNC(c1ccc(F)cc1F)c1cc(C)sc1C. The molecule has 1 aromatic heterocycles. The molecule has 102 valence electrons. The number of aryl methyl sites for hydroxylation is 2. The molecular weight excluding hydrogens is 264 g/mol. The smallest absolute Gasteiger partial charge is 0.131 e. The highest BCUT2D eigenvalue weighted by atomic mass is 32.1. The molecule has 0 saturated carbocycles. The molecule has 1 N–H and O–H groups in total. The number of thiophene rings is 1. The highest BCUT2D eigenvalue weighted by Gasteiger charge is 2.20. The van der Waals surface area contributed by atoms with Crippen LogP contribution in [-0.2, 0) is 0 Å². The van der Waals surface area contributed by atoms with Crippen LogP contribution in [0.5, 0.6) is 0 Å². The number of nitrogens with one attached hydrogen (secondary N) is 1. The molecule has 0 saturated heterocycles. The van der Waals surface area contributed by atoms with Crippen LogP contribution < -0.4 is 5.32 Å². The van der Waals surface area contributed by atoms with Gasteiger partial charge in [-0.2, -0.15) is 0 Å². The van der Waals surface area contributed by atoms with Gasteiger partial charge in [-0.15, -0.1) is 11.3 Å². The van der Waals surface area contributed by atoms with Crippen molar-refractivity contribution in [3.63, 3.8) is 0 Å². The van der Waals surface area contributed by atoms with E-state index in [1.165, 1.54) is 17.0 Å². The van der Waals surface area contributed by atoms with Crippen LogP contribution in [0.4, 0.5) is 8.78 Å². The third kappa shape index (κ3) is 3.01. The summed E-state index contributed by atoms with van der Waals surface area (Å²) >= 11 is 1.69. The zero-order valence-corrected chi connectivity index (χ0v) is 12.1. The molecule has 0 radical (unpaired) electrons. The third-order valence-corrected chi connectivity index (χ3v) is 4.05. The van der Waals surface area contributed by atoms with Crippen molar-refractivity contribution in [3.05, 3.63) is 56.8 Å². The summed E-state index contributed by atoms with van der Waals surface area (Å²) < 4.78 is 27.0. The van der Waals surface area contributed by atoms with Crippen LogP contribution in [-0.4, -0.2) is 6.54 Å². The van der Waals surface area contributed by atoms with Gasteiger partial charge in [0.25, 0.3) is 0 Å². The number of rotatable bonds is 4. The topological polar surface area (TPSA) is 12.0 Å². The summed E-state index contributed by atoms with van der Waals surface area (Å²) in [6.07, 6.45) is 0. The molecule has 1 heterocycles.